The maximum atomic E-state index is 12.3. The monoisotopic (exact) mass is 277 g/mol. The molecule has 0 bridgehead atoms. The van der Waals surface area contributed by atoms with E-state index < -0.39 is 6.10 Å². The molecule has 1 amide bonds. The summed E-state index contributed by atoms with van der Waals surface area (Å²) in [6, 6.07) is 0. The Morgan fingerprint density at radius 1 is 1.50 bits per heavy atom. The first-order chi connectivity index (χ1) is 9.78. The first-order valence-corrected chi connectivity index (χ1v) is 7.13. The Morgan fingerprint density at radius 2 is 2.30 bits per heavy atom. The molecule has 0 radical (unpaired) electrons. The number of oxime groups is 1. The molecule has 7 nitrogen and oxygen atoms in total. The van der Waals surface area contributed by atoms with Crippen LogP contribution in [0.5, 0.6) is 0 Å². The van der Waals surface area contributed by atoms with E-state index in [4.69, 9.17) is 4.84 Å². The Kier molecular flexibility index (Phi) is 3.66. The molecular formula is C13H19N5O2. The maximum Gasteiger partial charge on any atom is 0.266 e. The third-order valence-electron chi connectivity index (χ3n) is 4.04. The zero-order valence-corrected chi connectivity index (χ0v) is 11.6. The number of rotatable bonds is 3. The molecular weight excluding hydrogens is 258 g/mol. The number of hydrogen-bond acceptors (Lipinski definition) is 5. The van der Waals surface area contributed by atoms with Crippen molar-refractivity contribution in [3.63, 3.8) is 0 Å². The Bertz CT molecular complexity index is 491. The van der Waals surface area contributed by atoms with E-state index in [0.29, 0.717) is 12.3 Å². The SMILES string of the molecule is CCC1=NO[C@@H](C(=O)N2CCC(c3ncn[nH]3)CC2)C1. The van der Waals surface area contributed by atoms with Gasteiger partial charge in [-0.05, 0) is 19.3 Å². The molecule has 1 aromatic heterocycles. The quantitative estimate of drug-likeness (QED) is 0.895. The Labute approximate surface area is 117 Å². The standard InChI is InChI=1S/C13H19N5O2/c1-2-10-7-11(20-17-10)13(19)18-5-3-9(4-6-18)12-14-8-15-16-12/h8-9,11H,2-7H2,1H3,(H,14,15,16)/t11-/m1/s1. The van der Waals surface area contributed by atoms with Gasteiger partial charge in [-0.1, -0.05) is 12.1 Å². The van der Waals surface area contributed by atoms with Crippen molar-refractivity contribution < 1.29 is 9.63 Å². The van der Waals surface area contributed by atoms with Gasteiger partial charge in [0.15, 0.2) is 0 Å². The van der Waals surface area contributed by atoms with Crippen LogP contribution in [-0.2, 0) is 9.63 Å². The average Bonchev–Trinajstić information content (AvgIpc) is 3.18. The van der Waals surface area contributed by atoms with E-state index in [0.717, 1.165) is 43.9 Å². The Morgan fingerprint density at radius 3 is 2.90 bits per heavy atom. The predicted octanol–water partition coefficient (Wildman–Crippen LogP) is 1.07. The summed E-state index contributed by atoms with van der Waals surface area (Å²) in [6.07, 6.45) is 4.42. The lowest BCUT2D eigenvalue weighted by molar-refractivity contribution is -0.143. The second kappa shape index (κ2) is 5.60. The van der Waals surface area contributed by atoms with Crippen LogP contribution in [0.25, 0.3) is 0 Å². The van der Waals surface area contributed by atoms with Crippen LogP contribution >= 0.6 is 0 Å². The molecule has 0 unspecified atom stereocenters. The first kappa shape index (κ1) is 13.1. The molecule has 3 heterocycles. The molecule has 1 atom stereocenters. The molecule has 2 aliphatic rings. The van der Waals surface area contributed by atoms with Crippen molar-refractivity contribution in [2.75, 3.05) is 13.1 Å². The molecule has 1 fully saturated rings. The van der Waals surface area contributed by atoms with Crippen molar-refractivity contribution >= 4 is 11.6 Å². The molecule has 0 saturated carbocycles. The number of H-pyrrole nitrogens is 1. The highest BCUT2D eigenvalue weighted by Gasteiger charge is 2.33. The van der Waals surface area contributed by atoms with Gasteiger partial charge in [-0.25, -0.2) is 4.98 Å². The highest BCUT2D eigenvalue weighted by molar-refractivity contribution is 5.92. The van der Waals surface area contributed by atoms with Crippen LogP contribution < -0.4 is 0 Å². The number of piperidine rings is 1. The topological polar surface area (TPSA) is 83.5 Å². The molecule has 1 N–H and O–H groups in total. The van der Waals surface area contributed by atoms with E-state index in [2.05, 4.69) is 20.3 Å². The molecule has 20 heavy (non-hydrogen) atoms. The third kappa shape index (κ3) is 2.52. The third-order valence-corrected chi connectivity index (χ3v) is 4.04. The summed E-state index contributed by atoms with van der Waals surface area (Å²) in [7, 11) is 0. The van der Waals surface area contributed by atoms with Crippen LogP contribution in [0.4, 0.5) is 0 Å². The van der Waals surface area contributed by atoms with E-state index in [-0.39, 0.29) is 5.91 Å². The van der Waals surface area contributed by atoms with Crippen LogP contribution in [0.15, 0.2) is 11.5 Å². The number of carbonyl (C=O) groups excluding carboxylic acids is 1. The molecule has 1 saturated heterocycles. The fourth-order valence-corrected chi connectivity index (χ4v) is 2.76. The predicted molar refractivity (Wildman–Crippen MR) is 72.2 cm³/mol. The number of carbonyl (C=O) groups is 1. The highest BCUT2D eigenvalue weighted by atomic mass is 16.6. The summed E-state index contributed by atoms with van der Waals surface area (Å²) >= 11 is 0. The van der Waals surface area contributed by atoms with Crippen molar-refractivity contribution in [2.45, 2.75) is 44.6 Å². The van der Waals surface area contributed by atoms with E-state index in [1.807, 2.05) is 11.8 Å². The van der Waals surface area contributed by atoms with Gasteiger partial charge >= 0.3 is 0 Å². The fraction of sp³-hybridized carbons (Fsp3) is 0.692. The van der Waals surface area contributed by atoms with Crippen molar-refractivity contribution in [1.82, 2.24) is 20.1 Å². The van der Waals surface area contributed by atoms with Crippen molar-refractivity contribution in [3.05, 3.63) is 12.2 Å². The van der Waals surface area contributed by atoms with Crippen molar-refractivity contribution in [1.29, 1.82) is 0 Å². The Hall–Kier alpha value is -1.92. The molecule has 1 aromatic rings. The second-order valence-corrected chi connectivity index (χ2v) is 5.28. The summed E-state index contributed by atoms with van der Waals surface area (Å²) in [4.78, 5) is 23.7. The summed E-state index contributed by atoms with van der Waals surface area (Å²) in [5.74, 6) is 1.35. The number of nitrogens with zero attached hydrogens (tertiary/aromatic N) is 4. The summed E-state index contributed by atoms with van der Waals surface area (Å²) in [5.41, 5.74) is 0.972. The van der Waals surface area contributed by atoms with E-state index in [1.165, 1.54) is 6.33 Å². The fourth-order valence-electron chi connectivity index (χ4n) is 2.76. The molecule has 0 spiro atoms. The number of hydrogen-bond donors (Lipinski definition) is 1. The summed E-state index contributed by atoms with van der Waals surface area (Å²) in [5, 5.41) is 10.7. The average molecular weight is 277 g/mol. The van der Waals surface area contributed by atoms with Crippen LogP contribution in [-0.4, -0.2) is 50.9 Å². The molecule has 3 rings (SSSR count). The smallest absolute Gasteiger partial charge is 0.266 e. The first-order valence-electron chi connectivity index (χ1n) is 7.13. The van der Waals surface area contributed by atoms with Gasteiger partial charge < -0.3 is 9.74 Å². The number of likely N-dealkylation sites (tertiary alicyclic amines) is 1. The minimum atomic E-state index is -0.410. The lowest BCUT2D eigenvalue weighted by atomic mass is 9.95. The van der Waals surface area contributed by atoms with Crippen LogP contribution in [0.1, 0.15) is 44.3 Å². The van der Waals surface area contributed by atoms with E-state index >= 15 is 0 Å². The molecule has 7 heteroatoms. The van der Waals surface area contributed by atoms with Gasteiger partial charge in [0, 0.05) is 25.4 Å². The minimum Gasteiger partial charge on any atom is -0.382 e. The molecule has 108 valence electrons. The number of amides is 1. The number of aromatic amines is 1. The van der Waals surface area contributed by atoms with Gasteiger partial charge in [0.05, 0.1) is 5.71 Å². The maximum absolute atomic E-state index is 12.3. The largest absolute Gasteiger partial charge is 0.382 e. The molecule has 0 aromatic carbocycles. The molecule has 2 aliphatic heterocycles. The number of aromatic nitrogens is 3. The summed E-state index contributed by atoms with van der Waals surface area (Å²) < 4.78 is 0. The van der Waals surface area contributed by atoms with Crippen LogP contribution in [0.2, 0.25) is 0 Å². The van der Waals surface area contributed by atoms with Gasteiger partial charge in [-0.2, -0.15) is 5.10 Å². The van der Waals surface area contributed by atoms with Crippen LogP contribution in [0, 0.1) is 0 Å². The van der Waals surface area contributed by atoms with Gasteiger partial charge in [-0.15, -0.1) is 0 Å². The summed E-state index contributed by atoms with van der Waals surface area (Å²) in [6.45, 7) is 3.51. The van der Waals surface area contributed by atoms with Crippen molar-refractivity contribution in [3.8, 4) is 0 Å². The van der Waals surface area contributed by atoms with Gasteiger partial charge in [0.25, 0.3) is 5.91 Å². The van der Waals surface area contributed by atoms with Gasteiger partial charge in [0.2, 0.25) is 6.10 Å². The number of nitrogens with one attached hydrogen (secondary N) is 1. The van der Waals surface area contributed by atoms with E-state index in [1.54, 1.807) is 0 Å². The zero-order valence-electron chi connectivity index (χ0n) is 11.6. The molecule has 0 aliphatic carbocycles. The second-order valence-electron chi connectivity index (χ2n) is 5.28. The Balaban J connectivity index is 1.52. The lowest BCUT2D eigenvalue weighted by Crippen LogP contribution is -2.43. The van der Waals surface area contributed by atoms with Crippen molar-refractivity contribution in [2.24, 2.45) is 5.16 Å². The van der Waals surface area contributed by atoms with Gasteiger partial charge in [0.1, 0.15) is 12.2 Å². The zero-order chi connectivity index (χ0) is 13.9. The lowest BCUT2D eigenvalue weighted by Gasteiger charge is -2.32. The van der Waals surface area contributed by atoms with Gasteiger partial charge in [-0.3, -0.25) is 9.89 Å². The van der Waals surface area contributed by atoms with E-state index in [9.17, 15) is 4.79 Å². The van der Waals surface area contributed by atoms with Crippen LogP contribution in [0.3, 0.4) is 0 Å². The minimum absolute atomic E-state index is 0.0632. The normalized spacial score (nSPS) is 23.6. The highest BCUT2D eigenvalue weighted by Crippen LogP contribution is 2.26.